The molecule has 0 radical (unpaired) electrons. The van der Waals surface area contributed by atoms with Crippen LogP contribution in [0.2, 0.25) is 0 Å². The van der Waals surface area contributed by atoms with E-state index in [1.807, 2.05) is 44.2 Å². The monoisotopic (exact) mass is 391 g/mol. The molecular formula is C20H25NO5S. The van der Waals surface area contributed by atoms with Crippen LogP contribution in [0.25, 0.3) is 0 Å². The molecule has 2 aromatic carbocycles. The van der Waals surface area contributed by atoms with Crippen molar-refractivity contribution in [2.75, 3.05) is 13.2 Å². The van der Waals surface area contributed by atoms with Gasteiger partial charge in [0, 0.05) is 0 Å². The predicted molar refractivity (Wildman–Crippen MR) is 103 cm³/mol. The largest absolute Gasteiger partial charge is 0.490 e. The van der Waals surface area contributed by atoms with Gasteiger partial charge in [-0.1, -0.05) is 50.6 Å². The fourth-order valence-electron chi connectivity index (χ4n) is 2.71. The summed E-state index contributed by atoms with van der Waals surface area (Å²) in [5.41, 5.74) is 0.941. The molecule has 146 valence electrons. The summed E-state index contributed by atoms with van der Waals surface area (Å²) in [6.07, 6.45) is 0.863. The predicted octanol–water partition coefficient (Wildman–Crippen LogP) is 3.09. The molecule has 0 aliphatic carbocycles. The highest BCUT2D eigenvalue weighted by Crippen LogP contribution is 2.28. The smallest absolute Gasteiger partial charge is 0.313 e. The van der Waals surface area contributed by atoms with Crippen LogP contribution in [0.4, 0.5) is 0 Å². The molecule has 0 heterocycles. The minimum Gasteiger partial charge on any atom is -0.490 e. The van der Waals surface area contributed by atoms with Gasteiger partial charge in [0.1, 0.15) is 19.0 Å². The van der Waals surface area contributed by atoms with E-state index in [0.717, 1.165) is 12.0 Å². The average molecular weight is 391 g/mol. The van der Waals surface area contributed by atoms with E-state index in [-0.39, 0.29) is 35.9 Å². The molecule has 0 bridgehead atoms. The highest BCUT2D eigenvalue weighted by Gasteiger charge is 2.27. The van der Waals surface area contributed by atoms with Gasteiger partial charge in [-0.3, -0.25) is 4.79 Å². The quantitative estimate of drug-likeness (QED) is 0.523. The number of benzene rings is 2. The Morgan fingerprint density at radius 2 is 1.67 bits per heavy atom. The van der Waals surface area contributed by atoms with Crippen molar-refractivity contribution in [3.63, 3.8) is 0 Å². The summed E-state index contributed by atoms with van der Waals surface area (Å²) in [6.45, 7) is 4.35. The first-order valence-electron chi connectivity index (χ1n) is 8.80. The van der Waals surface area contributed by atoms with E-state index in [1.165, 1.54) is 24.3 Å². The van der Waals surface area contributed by atoms with Gasteiger partial charge in [0.15, 0.2) is 0 Å². The second kappa shape index (κ2) is 9.53. The van der Waals surface area contributed by atoms with Crippen LogP contribution < -0.4 is 9.88 Å². The average Bonchev–Trinajstić information content (AvgIpc) is 2.66. The normalized spacial score (nSPS) is 13.6. The topological polar surface area (TPSA) is 95.7 Å². The van der Waals surface area contributed by atoms with Crippen molar-refractivity contribution in [2.24, 2.45) is 11.1 Å². The maximum atomic E-state index is 12.6. The lowest BCUT2D eigenvalue weighted by Crippen LogP contribution is -2.24. The Kier molecular flexibility index (Phi) is 7.38. The maximum absolute atomic E-state index is 12.6. The Morgan fingerprint density at radius 3 is 2.22 bits per heavy atom. The van der Waals surface area contributed by atoms with Crippen LogP contribution in [-0.4, -0.2) is 27.6 Å². The molecule has 0 aliphatic heterocycles. The molecule has 0 aliphatic rings. The van der Waals surface area contributed by atoms with Crippen molar-refractivity contribution in [3.05, 3.63) is 60.2 Å². The first-order chi connectivity index (χ1) is 12.8. The molecule has 0 unspecified atom stereocenters. The highest BCUT2D eigenvalue weighted by molar-refractivity contribution is 7.89. The third-order valence-electron chi connectivity index (χ3n) is 4.37. The van der Waals surface area contributed by atoms with Gasteiger partial charge < -0.3 is 9.47 Å². The first-order valence-corrected chi connectivity index (χ1v) is 10.3. The molecule has 27 heavy (non-hydrogen) atoms. The molecule has 0 saturated carbocycles. The lowest BCUT2D eigenvalue weighted by molar-refractivity contribution is -0.147. The summed E-state index contributed by atoms with van der Waals surface area (Å²) in [4.78, 5) is 12.6. The van der Waals surface area contributed by atoms with Gasteiger partial charge in [0.25, 0.3) is 0 Å². The Morgan fingerprint density at radius 1 is 1.04 bits per heavy atom. The molecule has 0 amide bonds. The van der Waals surface area contributed by atoms with Crippen molar-refractivity contribution in [2.45, 2.75) is 31.1 Å². The summed E-state index contributed by atoms with van der Waals surface area (Å²) in [6, 6.07) is 15.3. The van der Waals surface area contributed by atoms with Crippen LogP contribution in [0, 0.1) is 5.92 Å². The van der Waals surface area contributed by atoms with Gasteiger partial charge in [-0.25, -0.2) is 13.6 Å². The summed E-state index contributed by atoms with van der Waals surface area (Å²) in [5, 5.41) is 5.05. The van der Waals surface area contributed by atoms with Crippen LogP contribution in [-0.2, 0) is 19.6 Å². The van der Waals surface area contributed by atoms with Gasteiger partial charge in [0.2, 0.25) is 10.0 Å². The zero-order valence-corrected chi connectivity index (χ0v) is 16.3. The molecule has 2 rings (SSSR count). The van der Waals surface area contributed by atoms with E-state index in [9.17, 15) is 13.2 Å². The number of primary sulfonamides is 1. The van der Waals surface area contributed by atoms with E-state index in [0.29, 0.717) is 5.75 Å². The second-order valence-corrected chi connectivity index (χ2v) is 7.87. The van der Waals surface area contributed by atoms with Crippen LogP contribution in [0.5, 0.6) is 5.75 Å². The van der Waals surface area contributed by atoms with Gasteiger partial charge in [-0.2, -0.15) is 0 Å². The standard InChI is InChI=1S/C20H25NO5S/c1-3-15(2)19(16-7-5-4-6-8-16)20(22)26-14-13-25-17-9-11-18(12-10-17)27(21,23)24/h4-12,15,19H,3,13-14H2,1-2H3,(H2,21,23,24)/t15-,19+/m1/s1. The van der Waals surface area contributed by atoms with Crippen molar-refractivity contribution in [3.8, 4) is 5.75 Å². The molecule has 0 spiro atoms. The Bertz CT molecular complexity index is 834. The van der Waals surface area contributed by atoms with Gasteiger partial charge in [0.05, 0.1) is 10.8 Å². The summed E-state index contributed by atoms with van der Waals surface area (Å²) >= 11 is 0. The van der Waals surface area contributed by atoms with Gasteiger partial charge in [-0.15, -0.1) is 0 Å². The number of nitrogens with two attached hydrogens (primary N) is 1. The van der Waals surface area contributed by atoms with Crippen molar-refractivity contribution in [1.29, 1.82) is 0 Å². The Balaban J connectivity index is 1.89. The van der Waals surface area contributed by atoms with E-state index < -0.39 is 10.0 Å². The number of rotatable bonds is 9. The number of hydrogen-bond donors (Lipinski definition) is 1. The van der Waals surface area contributed by atoms with Crippen molar-refractivity contribution in [1.82, 2.24) is 0 Å². The number of carbonyl (C=O) groups is 1. The molecule has 7 heteroatoms. The number of sulfonamides is 1. The third kappa shape index (κ3) is 6.08. The lowest BCUT2D eigenvalue weighted by atomic mass is 9.86. The van der Waals surface area contributed by atoms with E-state index >= 15 is 0 Å². The molecule has 0 saturated heterocycles. The van der Waals surface area contributed by atoms with Crippen LogP contribution >= 0.6 is 0 Å². The highest BCUT2D eigenvalue weighted by atomic mass is 32.2. The molecule has 6 nitrogen and oxygen atoms in total. The van der Waals surface area contributed by atoms with E-state index in [2.05, 4.69) is 0 Å². The minimum atomic E-state index is -3.73. The number of carbonyl (C=O) groups excluding carboxylic acids is 1. The molecule has 0 aromatic heterocycles. The van der Waals surface area contributed by atoms with Crippen LogP contribution in [0.15, 0.2) is 59.5 Å². The molecule has 2 aromatic rings. The number of esters is 1. The van der Waals surface area contributed by atoms with E-state index in [4.69, 9.17) is 14.6 Å². The summed E-state index contributed by atoms with van der Waals surface area (Å²) in [7, 11) is -3.73. The zero-order valence-electron chi connectivity index (χ0n) is 15.5. The van der Waals surface area contributed by atoms with Crippen LogP contribution in [0.3, 0.4) is 0 Å². The molecule has 2 atom stereocenters. The minimum absolute atomic E-state index is 0.0144. The first kappa shape index (κ1) is 20.9. The molecule has 0 fully saturated rings. The van der Waals surface area contributed by atoms with Gasteiger partial charge >= 0.3 is 5.97 Å². The van der Waals surface area contributed by atoms with Gasteiger partial charge in [-0.05, 0) is 35.7 Å². The maximum Gasteiger partial charge on any atom is 0.313 e. The van der Waals surface area contributed by atoms with Crippen LogP contribution in [0.1, 0.15) is 31.7 Å². The Hall–Kier alpha value is -2.38. The van der Waals surface area contributed by atoms with Crippen molar-refractivity contribution >= 4 is 16.0 Å². The summed E-state index contributed by atoms with van der Waals surface area (Å²) < 4.78 is 33.3. The molecule has 2 N–H and O–H groups in total. The Labute approximate surface area is 160 Å². The number of ether oxygens (including phenoxy) is 2. The lowest BCUT2D eigenvalue weighted by Gasteiger charge is -2.22. The molecular weight excluding hydrogens is 366 g/mol. The fourth-order valence-corrected chi connectivity index (χ4v) is 3.23. The third-order valence-corrected chi connectivity index (χ3v) is 5.30. The number of hydrogen-bond acceptors (Lipinski definition) is 5. The van der Waals surface area contributed by atoms with Crippen molar-refractivity contribution < 1.29 is 22.7 Å². The zero-order chi connectivity index (χ0) is 19.9. The summed E-state index contributed by atoms with van der Waals surface area (Å²) in [5.74, 6) is 0.0422. The van der Waals surface area contributed by atoms with E-state index in [1.54, 1.807) is 0 Å². The second-order valence-electron chi connectivity index (χ2n) is 6.31. The fraction of sp³-hybridized carbons (Fsp3) is 0.350. The SMILES string of the molecule is CC[C@@H](C)[C@H](C(=O)OCCOc1ccc(S(N)(=O)=O)cc1)c1ccccc1.